The van der Waals surface area contributed by atoms with E-state index in [1.807, 2.05) is 6.20 Å². The highest BCUT2D eigenvalue weighted by atomic mass is 15.3. The lowest BCUT2D eigenvalue weighted by Gasteiger charge is -2.32. The fraction of sp³-hybridized carbons (Fsp3) is 0.800. The van der Waals surface area contributed by atoms with Crippen LogP contribution >= 0.6 is 0 Å². The molecule has 0 aliphatic carbocycles. The highest BCUT2D eigenvalue weighted by Crippen LogP contribution is 2.18. The highest BCUT2D eigenvalue weighted by molar-refractivity contribution is 5.04. The number of rotatable bonds is 5. The zero-order valence-corrected chi connectivity index (χ0v) is 12.6. The van der Waals surface area contributed by atoms with Gasteiger partial charge in [-0.3, -0.25) is 14.5 Å². The summed E-state index contributed by atoms with van der Waals surface area (Å²) in [5.74, 6) is 0. The van der Waals surface area contributed by atoms with Crippen LogP contribution in [0.4, 0.5) is 0 Å². The molecule has 20 heavy (non-hydrogen) atoms. The van der Waals surface area contributed by atoms with Crippen LogP contribution in [0.25, 0.3) is 0 Å². The molecule has 3 rings (SSSR count). The Hall–Kier alpha value is -0.910. The first kappa shape index (κ1) is 14.0. The fourth-order valence-electron chi connectivity index (χ4n) is 3.40. The van der Waals surface area contributed by atoms with Crippen LogP contribution in [0.1, 0.15) is 25.3 Å². The van der Waals surface area contributed by atoms with Gasteiger partial charge in [-0.2, -0.15) is 5.10 Å². The largest absolute Gasteiger partial charge is 0.314 e. The van der Waals surface area contributed by atoms with E-state index in [9.17, 15) is 0 Å². The number of aryl methyl sites for hydroxylation is 1. The van der Waals surface area contributed by atoms with E-state index in [-0.39, 0.29) is 0 Å². The molecule has 0 bridgehead atoms. The second-order valence-electron chi connectivity index (χ2n) is 6.08. The maximum atomic E-state index is 4.43. The van der Waals surface area contributed by atoms with Crippen molar-refractivity contribution < 1.29 is 0 Å². The van der Waals surface area contributed by atoms with Crippen molar-refractivity contribution >= 4 is 0 Å². The fourth-order valence-corrected chi connectivity index (χ4v) is 3.40. The Morgan fingerprint density at radius 3 is 2.95 bits per heavy atom. The molecule has 112 valence electrons. The van der Waals surface area contributed by atoms with Crippen LogP contribution in [0.3, 0.4) is 0 Å². The normalized spacial score (nSPS) is 25.4. The van der Waals surface area contributed by atoms with E-state index < -0.39 is 0 Å². The molecule has 0 amide bonds. The van der Waals surface area contributed by atoms with Gasteiger partial charge in [0.15, 0.2) is 0 Å². The van der Waals surface area contributed by atoms with Crippen molar-refractivity contribution in [2.75, 3.05) is 39.3 Å². The summed E-state index contributed by atoms with van der Waals surface area (Å²) in [6.45, 7) is 11.5. The van der Waals surface area contributed by atoms with Crippen molar-refractivity contribution in [3.05, 3.63) is 18.0 Å². The molecule has 5 nitrogen and oxygen atoms in total. The minimum Gasteiger partial charge on any atom is -0.314 e. The monoisotopic (exact) mass is 277 g/mol. The lowest BCUT2D eigenvalue weighted by atomic mass is 10.2. The van der Waals surface area contributed by atoms with Gasteiger partial charge in [0, 0.05) is 70.2 Å². The molecule has 0 spiro atoms. The van der Waals surface area contributed by atoms with E-state index in [1.54, 1.807) is 0 Å². The number of nitrogens with one attached hydrogen (secondary N) is 1. The zero-order valence-electron chi connectivity index (χ0n) is 12.6. The molecule has 3 heterocycles. The van der Waals surface area contributed by atoms with E-state index >= 15 is 0 Å². The van der Waals surface area contributed by atoms with Gasteiger partial charge in [0.05, 0.1) is 6.20 Å². The van der Waals surface area contributed by atoms with Crippen molar-refractivity contribution in [3.8, 4) is 0 Å². The van der Waals surface area contributed by atoms with Crippen molar-refractivity contribution in [3.63, 3.8) is 0 Å². The van der Waals surface area contributed by atoms with Gasteiger partial charge in [-0.1, -0.05) is 6.92 Å². The molecule has 2 fully saturated rings. The Kier molecular flexibility index (Phi) is 4.70. The molecule has 1 N–H and O–H groups in total. The second-order valence-corrected chi connectivity index (χ2v) is 6.08. The quantitative estimate of drug-likeness (QED) is 0.862. The van der Waals surface area contributed by atoms with Gasteiger partial charge in [-0.25, -0.2) is 0 Å². The van der Waals surface area contributed by atoms with Gasteiger partial charge < -0.3 is 5.32 Å². The summed E-state index contributed by atoms with van der Waals surface area (Å²) in [4.78, 5) is 5.25. The molecule has 2 aliphatic heterocycles. The Morgan fingerprint density at radius 2 is 2.15 bits per heavy atom. The van der Waals surface area contributed by atoms with Crippen LogP contribution in [-0.2, 0) is 13.1 Å². The topological polar surface area (TPSA) is 36.3 Å². The van der Waals surface area contributed by atoms with Crippen molar-refractivity contribution in [1.29, 1.82) is 0 Å². The predicted molar refractivity (Wildman–Crippen MR) is 80.6 cm³/mol. The Labute approximate surface area is 121 Å². The molecule has 0 aromatic carbocycles. The standard InChI is InChI=1S/C15H27N5/c1-2-6-20-12-14(10-17-20)11-18-7-3-15(13-18)19-8-4-16-5-9-19/h10,12,15-16H,2-9,11,13H2,1H3. The third-order valence-electron chi connectivity index (χ3n) is 4.46. The summed E-state index contributed by atoms with van der Waals surface area (Å²) >= 11 is 0. The zero-order chi connectivity index (χ0) is 13.8. The van der Waals surface area contributed by atoms with E-state index in [0.29, 0.717) is 0 Å². The Bertz CT molecular complexity index is 410. The summed E-state index contributed by atoms with van der Waals surface area (Å²) in [5.41, 5.74) is 1.36. The van der Waals surface area contributed by atoms with Gasteiger partial charge in [0.25, 0.3) is 0 Å². The average Bonchev–Trinajstić information content (AvgIpc) is 3.11. The molecule has 0 radical (unpaired) electrons. The summed E-state index contributed by atoms with van der Waals surface area (Å²) in [5, 5.41) is 7.87. The molecule has 1 aromatic heterocycles. The number of nitrogens with zero attached hydrogens (tertiary/aromatic N) is 4. The van der Waals surface area contributed by atoms with Gasteiger partial charge in [-0.05, 0) is 12.8 Å². The van der Waals surface area contributed by atoms with Crippen LogP contribution in [0.2, 0.25) is 0 Å². The first-order valence-corrected chi connectivity index (χ1v) is 8.03. The average molecular weight is 277 g/mol. The molecule has 0 saturated carbocycles. The maximum absolute atomic E-state index is 4.43. The Balaban J connectivity index is 1.49. The predicted octanol–water partition coefficient (Wildman–Crippen LogP) is 0.773. The lowest BCUT2D eigenvalue weighted by molar-refractivity contribution is 0.170. The van der Waals surface area contributed by atoms with Gasteiger partial charge in [-0.15, -0.1) is 0 Å². The van der Waals surface area contributed by atoms with Gasteiger partial charge in [0.1, 0.15) is 0 Å². The molecule has 1 unspecified atom stereocenters. The first-order chi connectivity index (χ1) is 9.85. The summed E-state index contributed by atoms with van der Waals surface area (Å²) in [6, 6.07) is 0.766. The molecule has 1 atom stereocenters. The first-order valence-electron chi connectivity index (χ1n) is 8.03. The SMILES string of the molecule is CCCn1cc(CN2CCC(N3CCNCC3)C2)cn1. The second kappa shape index (κ2) is 6.70. The van der Waals surface area contributed by atoms with Crippen LogP contribution in [0.15, 0.2) is 12.4 Å². The van der Waals surface area contributed by atoms with Crippen LogP contribution in [0, 0.1) is 0 Å². The minimum atomic E-state index is 0.766. The van der Waals surface area contributed by atoms with Crippen LogP contribution < -0.4 is 5.32 Å². The molecular weight excluding hydrogens is 250 g/mol. The number of aromatic nitrogens is 2. The Morgan fingerprint density at radius 1 is 1.30 bits per heavy atom. The summed E-state index contributed by atoms with van der Waals surface area (Å²) in [6.07, 6.45) is 6.72. The molecule has 5 heteroatoms. The maximum Gasteiger partial charge on any atom is 0.0534 e. The van der Waals surface area contributed by atoms with Crippen LogP contribution in [0.5, 0.6) is 0 Å². The molecule has 2 aliphatic rings. The molecule has 1 aromatic rings. The minimum absolute atomic E-state index is 0.766. The van der Waals surface area contributed by atoms with E-state index in [1.165, 1.54) is 38.2 Å². The van der Waals surface area contributed by atoms with Crippen molar-refractivity contribution in [2.24, 2.45) is 0 Å². The lowest BCUT2D eigenvalue weighted by Crippen LogP contribution is -2.49. The van der Waals surface area contributed by atoms with E-state index in [0.717, 1.165) is 38.6 Å². The van der Waals surface area contributed by atoms with E-state index in [2.05, 4.69) is 38.0 Å². The molecule has 2 saturated heterocycles. The summed E-state index contributed by atoms with van der Waals surface area (Å²) in [7, 11) is 0. The van der Waals surface area contributed by atoms with Crippen molar-refractivity contribution in [1.82, 2.24) is 24.9 Å². The third-order valence-corrected chi connectivity index (χ3v) is 4.46. The van der Waals surface area contributed by atoms with Gasteiger partial charge >= 0.3 is 0 Å². The summed E-state index contributed by atoms with van der Waals surface area (Å²) < 4.78 is 2.07. The third kappa shape index (κ3) is 3.40. The number of piperazine rings is 1. The van der Waals surface area contributed by atoms with Crippen molar-refractivity contribution in [2.45, 2.75) is 38.9 Å². The smallest absolute Gasteiger partial charge is 0.0534 e. The molecular formula is C15H27N5. The number of hydrogen-bond donors (Lipinski definition) is 1. The van der Waals surface area contributed by atoms with Crippen LogP contribution in [-0.4, -0.2) is 64.9 Å². The number of likely N-dealkylation sites (tertiary alicyclic amines) is 1. The van der Waals surface area contributed by atoms with Gasteiger partial charge in [0.2, 0.25) is 0 Å². The highest BCUT2D eigenvalue weighted by Gasteiger charge is 2.28. The van der Waals surface area contributed by atoms with E-state index in [4.69, 9.17) is 0 Å². The number of hydrogen-bond acceptors (Lipinski definition) is 4.